The van der Waals surface area contributed by atoms with Crippen molar-refractivity contribution in [3.8, 4) is 0 Å². The minimum absolute atomic E-state index is 0.0116. The minimum atomic E-state index is -0.0503. The normalized spacial score (nSPS) is 12.3. The lowest BCUT2D eigenvalue weighted by Crippen LogP contribution is -2.25. The van der Waals surface area contributed by atoms with Crippen molar-refractivity contribution in [3.05, 3.63) is 35.4 Å². The van der Waals surface area contributed by atoms with Crippen LogP contribution in [0.5, 0.6) is 0 Å². The van der Waals surface area contributed by atoms with E-state index >= 15 is 0 Å². The predicted molar refractivity (Wildman–Crippen MR) is 88.0 cm³/mol. The molecule has 0 aliphatic heterocycles. The van der Waals surface area contributed by atoms with Crippen molar-refractivity contribution in [2.24, 2.45) is 10.5 Å². The third-order valence-corrected chi connectivity index (χ3v) is 4.06. The Kier molecular flexibility index (Phi) is 6.27. The lowest BCUT2D eigenvalue weighted by Gasteiger charge is -2.17. The molecule has 0 radical (unpaired) electrons. The summed E-state index contributed by atoms with van der Waals surface area (Å²) < 4.78 is 0. The van der Waals surface area contributed by atoms with E-state index in [1.54, 1.807) is 11.8 Å². The summed E-state index contributed by atoms with van der Waals surface area (Å²) in [7, 11) is 0. The maximum absolute atomic E-state index is 11.7. The van der Waals surface area contributed by atoms with E-state index in [2.05, 4.69) is 62.5 Å². The summed E-state index contributed by atoms with van der Waals surface area (Å²) in [5.41, 5.74) is 6.02. The van der Waals surface area contributed by atoms with Gasteiger partial charge in [0.15, 0.2) is 0 Å². The van der Waals surface area contributed by atoms with Crippen LogP contribution in [0.3, 0.4) is 0 Å². The molecule has 0 aliphatic carbocycles. The number of carbonyl (C=O) groups is 1. The van der Waals surface area contributed by atoms with Crippen LogP contribution in [-0.4, -0.2) is 17.4 Å². The fraction of sp³-hybridized carbons (Fsp3) is 0.500. The average molecular weight is 292 g/mol. The molecular formula is C16H24N2OS. The highest BCUT2D eigenvalue weighted by Crippen LogP contribution is 2.15. The molecule has 3 nitrogen and oxygen atoms in total. The molecule has 110 valence electrons. The van der Waals surface area contributed by atoms with Crippen LogP contribution in [0.25, 0.3) is 0 Å². The second-order valence-electron chi connectivity index (χ2n) is 5.96. The molecule has 0 bridgehead atoms. The summed E-state index contributed by atoms with van der Waals surface area (Å²) in [6, 6.07) is 8.38. The van der Waals surface area contributed by atoms with Gasteiger partial charge in [0.05, 0.1) is 5.75 Å². The molecule has 0 heterocycles. The van der Waals surface area contributed by atoms with Gasteiger partial charge in [-0.05, 0) is 19.4 Å². The van der Waals surface area contributed by atoms with Crippen molar-refractivity contribution >= 4 is 23.4 Å². The molecule has 0 unspecified atom stereocenters. The maximum Gasteiger partial charge on any atom is 0.250 e. The third-order valence-electron chi connectivity index (χ3n) is 3.06. The van der Waals surface area contributed by atoms with Crippen LogP contribution >= 0.6 is 11.8 Å². The quantitative estimate of drug-likeness (QED) is 0.663. The lowest BCUT2D eigenvalue weighted by molar-refractivity contribution is -0.118. The second kappa shape index (κ2) is 7.48. The summed E-state index contributed by atoms with van der Waals surface area (Å²) >= 11 is 1.60. The Hall–Kier alpha value is -1.29. The van der Waals surface area contributed by atoms with Crippen LogP contribution in [-0.2, 0) is 10.5 Å². The topological polar surface area (TPSA) is 41.5 Å². The highest BCUT2D eigenvalue weighted by molar-refractivity contribution is 7.99. The van der Waals surface area contributed by atoms with E-state index in [4.69, 9.17) is 0 Å². The van der Waals surface area contributed by atoms with E-state index < -0.39 is 0 Å². The summed E-state index contributed by atoms with van der Waals surface area (Å²) in [5.74, 6) is 1.22. The van der Waals surface area contributed by atoms with Crippen molar-refractivity contribution < 1.29 is 4.79 Å². The first kappa shape index (κ1) is 16.8. The maximum atomic E-state index is 11.7. The molecule has 0 fully saturated rings. The fourth-order valence-electron chi connectivity index (χ4n) is 1.29. The van der Waals surface area contributed by atoms with Gasteiger partial charge in [0.2, 0.25) is 5.91 Å². The third kappa shape index (κ3) is 6.24. The average Bonchev–Trinajstić information content (AvgIpc) is 2.37. The molecule has 4 heteroatoms. The van der Waals surface area contributed by atoms with Gasteiger partial charge in [0.25, 0.3) is 0 Å². The van der Waals surface area contributed by atoms with E-state index in [0.717, 1.165) is 11.5 Å². The van der Waals surface area contributed by atoms with Crippen LogP contribution in [0, 0.1) is 12.3 Å². The molecule has 1 amide bonds. The van der Waals surface area contributed by atoms with Gasteiger partial charge in [-0.15, -0.1) is 11.8 Å². The Labute approximate surface area is 126 Å². The van der Waals surface area contributed by atoms with E-state index in [1.807, 2.05) is 6.92 Å². The van der Waals surface area contributed by atoms with Crippen molar-refractivity contribution in [1.29, 1.82) is 0 Å². The van der Waals surface area contributed by atoms with Crippen LogP contribution in [0.15, 0.2) is 29.4 Å². The zero-order valence-electron chi connectivity index (χ0n) is 13.0. The summed E-state index contributed by atoms with van der Waals surface area (Å²) in [6.45, 7) is 10.2. The Bertz CT molecular complexity index is 472. The number of aryl methyl sites for hydroxylation is 1. The molecule has 1 rings (SSSR count). The standard InChI is InChI=1S/C16H24N2OS/c1-12-6-8-14(9-7-12)10-20-11-15(19)18-17-13(2)16(3,4)5/h6-9H,10-11H2,1-5H3,(H,18,19)/b17-13-. The molecule has 1 aromatic carbocycles. The number of hydrogen-bond acceptors (Lipinski definition) is 3. The molecule has 0 saturated carbocycles. The highest BCUT2D eigenvalue weighted by Gasteiger charge is 2.14. The van der Waals surface area contributed by atoms with Gasteiger partial charge < -0.3 is 0 Å². The molecule has 20 heavy (non-hydrogen) atoms. The van der Waals surface area contributed by atoms with E-state index in [0.29, 0.717) is 5.75 Å². The van der Waals surface area contributed by atoms with Crippen molar-refractivity contribution in [2.45, 2.75) is 40.4 Å². The molecule has 0 saturated heterocycles. The monoisotopic (exact) mass is 292 g/mol. The van der Waals surface area contributed by atoms with Crippen LogP contribution in [0.2, 0.25) is 0 Å². The van der Waals surface area contributed by atoms with Crippen molar-refractivity contribution in [1.82, 2.24) is 5.43 Å². The highest BCUT2D eigenvalue weighted by atomic mass is 32.2. The first-order chi connectivity index (χ1) is 9.29. The van der Waals surface area contributed by atoms with Crippen LogP contribution < -0.4 is 5.43 Å². The number of nitrogens with zero attached hydrogens (tertiary/aromatic N) is 1. The number of nitrogens with one attached hydrogen (secondary N) is 1. The Morgan fingerprint density at radius 3 is 2.40 bits per heavy atom. The first-order valence-electron chi connectivity index (χ1n) is 6.76. The summed E-state index contributed by atoms with van der Waals surface area (Å²) in [5, 5.41) is 4.14. The van der Waals surface area contributed by atoms with E-state index in [1.165, 1.54) is 11.1 Å². The molecule has 0 aromatic heterocycles. The Balaban J connectivity index is 2.32. The SMILES string of the molecule is C/C(=N/NC(=O)CSCc1ccc(C)cc1)C(C)(C)C. The number of thioether (sulfide) groups is 1. The molecular weight excluding hydrogens is 268 g/mol. The molecule has 0 aliphatic rings. The van der Waals surface area contributed by atoms with Gasteiger partial charge in [-0.25, -0.2) is 5.43 Å². The smallest absolute Gasteiger partial charge is 0.250 e. The molecule has 1 aromatic rings. The Morgan fingerprint density at radius 2 is 1.85 bits per heavy atom. The zero-order chi connectivity index (χ0) is 15.2. The number of hydrogen-bond donors (Lipinski definition) is 1. The van der Waals surface area contributed by atoms with Crippen molar-refractivity contribution in [2.75, 3.05) is 5.75 Å². The first-order valence-corrected chi connectivity index (χ1v) is 7.91. The van der Waals surface area contributed by atoms with Crippen LogP contribution in [0.1, 0.15) is 38.8 Å². The minimum Gasteiger partial charge on any atom is -0.272 e. The summed E-state index contributed by atoms with van der Waals surface area (Å²) in [4.78, 5) is 11.7. The van der Waals surface area contributed by atoms with Gasteiger partial charge in [0, 0.05) is 16.9 Å². The largest absolute Gasteiger partial charge is 0.272 e. The number of amides is 1. The van der Waals surface area contributed by atoms with Gasteiger partial charge in [0.1, 0.15) is 0 Å². The zero-order valence-corrected chi connectivity index (χ0v) is 13.8. The molecule has 0 atom stereocenters. The van der Waals surface area contributed by atoms with Crippen LogP contribution in [0.4, 0.5) is 0 Å². The second-order valence-corrected chi connectivity index (χ2v) is 6.95. The molecule has 1 N–H and O–H groups in total. The van der Waals surface area contributed by atoms with E-state index in [-0.39, 0.29) is 11.3 Å². The van der Waals surface area contributed by atoms with Gasteiger partial charge in [-0.3, -0.25) is 4.79 Å². The number of benzene rings is 1. The predicted octanol–water partition coefficient (Wildman–Crippen LogP) is 3.77. The number of hydrazone groups is 1. The number of carbonyl (C=O) groups excluding carboxylic acids is 1. The Morgan fingerprint density at radius 1 is 1.25 bits per heavy atom. The van der Waals surface area contributed by atoms with Crippen molar-refractivity contribution in [3.63, 3.8) is 0 Å². The van der Waals surface area contributed by atoms with Gasteiger partial charge >= 0.3 is 0 Å². The number of rotatable bonds is 5. The summed E-state index contributed by atoms with van der Waals surface area (Å²) in [6.07, 6.45) is 0. The van der Waals surface area contributed by atoms with Gasteiger partial charge in [-0.1, -0.05) is 50.6 Å². The fourth-order valence-corrected chi connectivity index (χ4v) is 2.07. The lowest BCUT2D eigenvalue weighted by atomic mass is 9.91. The van der Waals surface area contributed by atoms with Gasteiger partial charge in [-0.2, -0.15) is 5.10 Å². The molecule has 0 spiro atoms. The van der Waals surface area contributed by atoms with E-state index in [9.17, 15) is 4.79 Å².